The van der Waals surface area contributed by atoms with E-state index in [9.17, 15) is 0 Å². The number of nitrogens with two attached hydrogens (primary N) is 1. The Morgan fingerprint density at radius 1 is 1.50 bits per heavy atom. The maximum atomic E-state index is 8.65. The van der Waals surface area contributed by atoms with Gasteiger partial charge in [-0.05, 0) is 6.42 Å². The monoisotopic (exact) mass is 217 g/mol. The van der Waals surface area contributed by atoms with E-state index >= 15 is 0 Å². The minimum absolute atomic E-state index is 0.110. The lowest BCUT2D eigenvalue weighted by Gasteiger charge is -2.01. The molecule has 0 amide bonds. The minimum atomic E-state index is 0.110. The van der Waals surface area contributed by atoms with E-state index in [1.165, 1.54) is 11.0 Å². The van der Waals surface area contributed by atoms with Gasteiger partial charge in [-0.3, -0.25) is 0 Å². The average molecular weight is 217 g/mol. The standard InChI is InChI=1S/C9H11N7/c1-3-6-8(11)9(15(2)13-6)16-5-12-7(4-10)14-16/h5H,3,11H2,1-2H3. The molecule has 0 aliphatic carbocycles. The predicted molar refractivity (Wildman–Crippen MR) is 56.6 cm³/mol. The summed E-state index contributed by atoms with van der Waals surface area (Å²) in [5.74, 6) is 0.740. The molecule has 82 valence electrons. The third-order valence-electron chi connectivity index (χ3n) is 2.27. The molecule has 2 aromatic rings. The van der Waals surface area contributed by atoms with Crippen LogP contribution >= 0.6 is 0 Å². The lowest BCUT2D eigenvalue weighted by molar-refractivity contribution is 0.688. The van der Waals surface area contributed by atoms with Gasteiger partial charge < -0.3 is 5.73 Å². The quantitative estimate of drug-likeness (QED) is 0.764. The van der Waals surface area contributed by atoms with Crippen LogP contribution in [0.5, 0.6) is 0 Å². The second-order valence-electron chi connectivity index (χ2n) is 3.29. The summed E-state index contributed by atoms with van der Waals surface area (Å²) in [6.07, 6.45) is 2.20. The van der Waals surface area contributed by atoms with Gasteiger partial charge in [-0.1, -0.05) is 6.92 Å². The van der Waals surface area contributed by atoms with Crippen LogP contribution < -0.4 is 5.73 Å². The Morgan fingerprint density at radius 2 is 2.25 bits per heavy atom. The van der Waals surface area contributed by atoms with Crippen molar-refractivity contribution in [2.24, 2.45) is 7.05 Å². The number of nitrogens with zero attached hydrogens (tertiary/aromatic N) is 6. The van der Waals surface area contributed by atoms with Crippen molar-refractivity contribution in [3.8, 4) is 11.9 Å². The molecule has 0 bridgehead atoms. The molecule has 0 fully saturated rings. The van der Waals surface area contributed by atoms with Crippen LogP contribution in [0.1, 0.15) is 18.4 Å². The number of aryl methyl sites for hydroxylation is 2. The summed E-state index contributed by atoms with van der Waals surface area (Å²) < 4.78 is 3.09. The topological polar surface area (TPSA) is 98.3 Å². The Balaban J connectivity index is 2.56. The highest BCUT2D eigenvalue weighted by atomic mass is 15.4. The van der Waals surface area contributed by atoms with Crippen molar-refractivity contribution in [3.63, 3.8) is 0 Å². The number of anilines is 1. The van der Waals surface area contributed by atoms with E-state index in [-0.39, 0.29) is 5.82 Å². The molecule has 2 heterocycles. The average Bonchev–Trinajstić information content (AvgIpc) is 2.83. The lowest BCUT2D eigenvalue weighted by atomic mass is 10.3. The zero-order valence-electron chi connectivity index (χ0n) is 9.05. The van der Waals surface area contributed by atoms with E-state index in [1.807, 2.05) is 13.0 Å². The van der Waals surface area contributed by atoms with Crippen LogP contribution in [0.2, 0.25) is 0 Å². The molecule has 2 rings (SSSR count). The summed E-state index contributed by atoms with van der Waals surface area (Å²) in [4.78, 5) is 3.82. The van der Waals surface area contributed by atoms with E-state index in [1.54, 1.807) is 11.7 Å². The molecule has 0 saturated heterocycles. The van der Waals surface area contributed by atoms with Crippen LogP contribution in [-0.2, 0) is 13.5 Å². The van der Waals surface area contributed by atoms with Crippen molar-refractivity contribution >= 4 is 5.69 Å². The largest absolute Gasteiger partial charge is 0.394 e. The van der Waals surface area contributed by atoms with Gasteiger partial charge in [-0.2, -0.15) is 15.0 Å². The summed E-state index contributed by atoms with van der Waals surface area (Å²) in [7, 11) is 1.78. The molecular weight excluding hydrogens is 206 g/mol. The smallest absolute Gasteiger partial charge is 0.252 e. The zero-order chi connectivity index (χ0) is 11.7. The van der Waals surface area contributed by atoms with Crippen LogP contribution in [-0.4, -0.2) is 24.5 Å². The second kappa shape index (κ2) is 3.66. The molecule has 0 aliphatic heterocycles. The Bertz CT molecular complexity index is 557. The van der Waals surface area contributed by atoms with Crippen LogP contribution in [0, 0.1) is 11.3 Å². The SMILES string of the molecule is CCc1nn(C)c(-n2cnc(C#N)n2)c1N. The number of nitrogen functional groups attached to an aromatic ring is 1. The molecule has 0 saturated carbocycles. The van der Waals surface area contributed by atoms with Crippen molar-refractivity contribution in [1.29, 1.82) is 5.26 Å². The third-order valence-corrected chi connectivity index (χ3v) is 2.27. The van der Waals surface area contributed by atoms with Gasteiger partial charge >= 0.3 is 0 Å². The van der Waals surface area contributed by atoms with Gasteiger partial charge in [0.25, 0.3) is 5.82 Å². The molecule has 0 aromatic carbocycles. The number of rotatable bonds is 2. The summed E-state index contributed by atoms with van der Waals surface area (Å²) >= 11 is 0. The Labute approximate surface area is 92.1 Å². The zero-order valence-corrected chi connectivity index (χ0v) is 9.05. The predicted octanol–water partition coefficient (Wildman–Crippen LogP) is 0.0171. The maximum absolute atomic E-state index is 8.65. The molecule has 0 atom stereocenters. The first-order chi connectivity index (χ1) is 7.67. The van der Waals surface area contributed by atoms with Gasteiger partial charge in [0.2, 0.25) is 0 Å². The number of aromatic nitrogens is 5. The maximum Gasteiger partial charge on any atom is 0.252 e. The normalized spacial score (nSPS) is 10.3. The van der Waals surface area contributed by atoms with Crippen LogP contribution in [0.15, 0.2) is 6.33 Å². The molecule has 0 aliphatic rings. The molecular formula is C9H11N7. The van der Waals surface area contributed by atoms with Gasteiger partial charge in [0.1, 0.15) is 18.1 Å². The Hall–Kier alpha value is -2.36. The molecule has 0 spiro atoms. The van der Waals surface area contributed by atoms with Crippen molar-refractivity contribution in [2.45, 2.75) is 13.3 Å². The number of hydrogen-bond donors (Lipinski definition) is 1. The summed E-state index contributed by atoms with van der Waals surface area (Å²) in [5.41, 5.74) is 7.32. The van der Waals surface area contributed by atoms with Gasteiger partial charge in [0.05, 0.1) is 5.69 Å². The second-order valence-corrected chi connectivity index (χ2v) is 3.29. The molecule has 2 aromatic heterocycles. The van der Waals surface area contributed by atoms with Crippen LogP contribution in [0.25, 0.3) is 5.82 Å². The fourth-order valence-corrected chi connectivity index (χ4v) is 1.53. The van der Waals surface area contributed by atoms with Crippen molar-refractivity contribution in [3.05, 3.63) is 17.8 Å². The Kier molecular flexibility index (Phi) is 2.32. The van der Waals surface area contributed by atoms with Crippen molar-refractivity contribution in [2.75, 3.05) is 5.73 Å². The fourth-order valence-electron chi connectivity index (χ4n) is 1.53. The van der Waals surface area contributed by atoms with E-state index in [0.717, 1.165) is 12.1 Å². The molecule has 7 nitrogen and oxygen atoms in total. The van der Waals surface area contributed by atoms with E-state index in [4.69, 9.17) is 11.0 Å². The van der Waals surface area contributed by atoms with Gasteiger partial charge in [-0.15, -0.1) is 5.10 Å². The van der Waals surface area contributed by atoms with Gasteiger partial charge in [0, 0.05) is 7.05 Å². The van der Waals surface area contributed by atoms with E-state index < -0.39 is 0 Å². The first-order valence-corrected chi connectivity index (χ1v) is 4.80. The first kappa shape index (κ1) is 10.2. The lowest BCUT2D eigenvalue weighted by Crippen LogP contribution is -2.05. The first-order valence-electron chi connectivity index (χ1n) is 4.80. The molecule has 0 radical (unpaired) electrons. The van der Waals surface area contributed by atoms with Gasteiger partial charge in [-0.25, -0.2) is 9.67 Å². The van der Waals surface area contributed by atoms with Crippen LogP contribution in [0.4, 0.5) is 5.69 Å². The van der Waals surface area contributed by atoms with Crippen molar-refractivity contribution < 1.29 is 0 Å². The number of hydrogen-bond acceptors (Lipinski definition) is 5. The summed E-state index contributed by atoms with van der Waals surface area (Å²) in [6, 6.07) is 1.86. The molecule has 0 unspecified atom stereocenters. The highest BCUT2D eigenvalue weighted by molar-refractivity contribution is 5.57. The fraction of sp³-hybridized carbons (Fsp3) is 0.333. The summed E-state index contributed by atoms with van der Waals surface area (Å²) in [5, 5.41) is 16.9. The van der Waals surface area contributed by atoms with Crippen LogP contribution in [0.3, 0.4) is 0 Å². The third kappa shape index (κ3) is 1.40. The van der Waals surface area contributed by atoms with E-state index in [2.05, 4.69) is 15.2 Å². The van der Waals surface area contributed by atoms with E-state index in [0.29, 0.717) is 11.5 Å². The molecule has 7 heteroatoms. The molecule has 2 N–H and O–H groups in total. The summed E-state index contributed by atoms with van der Waals surface area (Å²) in [6.45, 7) is 1.98. The van der Waals surface area contributed by atoms with Crippen molar-refractivity contribution in [1.82, 2.24) is 24.5 Å². The van der Waals surface area contributed by atoms with Gasteiger partial charge in [0.15, 0.2) is 5.82 Å². The molecule has 16 heavy (non-hydrogen) atoms. The highest BCUT2D eigenvalue weighted by Crippen LogP contribution is 2.20. The minimum Gasteiger partial charge on any atom is -0.394 e. The highest BCUT2D eigenvalue weighted by Gasteiger charge is 2.15. The number of nitriles is 1. The Morgan fingerprint density at radius 3 is 2.75 bits per heavy atom.